The molecular formula is C81H158O17P2. The first-order valence-electron chi connectivity index (χ1n) is 41.8. The van der Waals surface area contributed by atoms with Crippen molar-refractivity contribution in [1.29, 1.82) is 0 Å². The Balaban J connectivity index is 5.23. The molecule has 0 heterocycles. The first kappa shape index (κ1) is 98.1. The first-order chi connectivity index (χ1) is 48.2. The monoisotopic (exact) mass is 1470 g/mol. The van der Waals surface area contributed by atoms with Crippen molar-refractivity contribution in [3.63, 3.8) is 0 Å². The van der Waals surface area contributed by atoms with Crippen LogP contribution in [0.2, 0.25) is 0 Å². The van der Waals surface area contributed by atoms with Gasteiger partial charge in [0.05, 0.1) is 26.4 Å². The van der Waals surface area contributed by atoms with Crippen molar-refractivity contribution in [3.05, 3.63) is 0 Å². The molecule has 0 rings (SSSR count). The highest BCUT2D eigenvalue weighted by atomic mass is 31.2. The Kier molecular flexibility index (Phi) is 69.9. The van der Waals surface area contributed by atoms with Crippen LogP contribution in [0, 0.1) is 17.8 Å². The van der Waals surface area contributed by atoms with Crippen LogP contribution in [0.25, 0.3) is 0 Å². The number of rotatable bonds is 79. The number of hydrogen-bond acceptors (Lipinski definition) is 15. The lowest BCUT2D eigenvalue weighted by Crippen LogP contribution is -2.30. The SMILES string of the molecule is CCCCCCCCCCCCCCCCCCCC(=O)OC[C@H](COP(=O)(O)OC[C@@H](O)COP(=O)(O)OC[C@@H](COC(=O)CCCCCCCCC(C)C)OC(=O)CCCCCCCCCCCCCCC(C)C)OC(=O)CCCCCCCCCCCCCCCCCCC(C)C. The average molecular weight is 1470 g/mol. The van der Waals surface area contributed by atoms with Gasteiger partial charge in [-0.1, -0.05) is 370 Å². The number of carbonyl (C=O) groups excluding carboxylic acids is 4. The Hall–Kier alpha value is -1.94. The molecule has 0 aliphatic rings. The van der Waals surface area contributed by atoms with Crippen LogP contribution in [-0.4, -0.2) is 96.7 Å². The molecule has 594 valence electrons. The molecule has 17 nitrogen and oxygen atoms in total. The normalized spacial score (nSPS) is 14.0. The van der Waals surface area contributed by atoms with Gasteiger partial charge in [0, 0.05) is 25.7 Å². The summed E-state index contributed by atoms with van der Waals surface area (Å²) >= 11 is 0. The zero-order valence-corrected chi connectivity index (χ0v) is 67.5. The highest BCUT2D eigenvalue weighted by molar-refractivity contribution is 7.47. The minimum atomic E-state index is -4.96. The highest BCUT2D eigenvalue weighted by Gasteiger charge is 2.30. The third-order valence-corrected chi connectivity index (χ3v) is 20.8. The number of aliphatic hydroxyl groups is 1. The molecule has 0 radical (unpaired) electrons. The zero-order valence-electron chi connectivity index (χ0n) is 65.7. The lowest BCUT2D eigenvalue weighted by molar-refractivity contribution is -0.161. The van der Waals surface area contributed by atoms with Crippen LogP contribution in [0.1, 0.15) is 421 Å². The predicted octanol–water partition coefficient (Wildman–Crippen LogP) is 24.1. The average Bonchev–Trinajstić information content (AvgIpc) is 0.921. The molecule has 0 aromatic carbocycles. The third kappa shape index (κ3) is 74.3. The molecule has 19 heteroatoms. The van der Waals surface area contributed by atoms with E-state index in [-0.39, 0.29) is 25.7 Å². The van der Waals surface area contributed by atoms with E-state index in [1.807, 2.05) is 0 Å². The summed E-state index contributed by atoms with van der Waals surface area (Å²) in [5, 5.41) is 10.6. The van der Waals surface area contributed by atoms with Gasteiger partial charge in [-0.25, -0.2) is 9.13 Å². The van der Waals surface area contributed by atoms with E-state index in [2.05, 4.69) is 48.5 Å². The lowest BCUT2D eigenvalue weighted by Gasteiger charge is -2.21. The van der Waals surface area contributed by atoms with Crippen molar-refractivity contribution >= 4 is 39.5 Å². The Morgan fingerprint density at radius 2 is 0.460 bits per heavy atom. The summed E-state index contributed by atoms with van der Waals surface area (Å²) in [4.78, 5) is 73.0. The van der Waals surface area contributed by atoms with Crippen molar-refractivity contribution in [1.82, 2.24) is 0 Å². The molecule has 0 saturated carbocycles. The minimum absolute atomic E-state index is 0.106. The van der Waals surface area contributed by atoms with Crippen LogP contribution < -0.4 is 0 Å². The molecule has 0 saturated heterocycles. The Labute approximate surface area is 613 Å². The molecule has 0 aliphatic carbocycles. The van der Waals surface area contributed by atoms with Gasteiger partial charge in [0.2, 0.25) is 0 Å². The topological polar surface area (TPSA) is 237 Å². The maximum Gasteiger partial charge on any atom is 0.472 e. The summed E-state index contributed by atoms with van der Waals surface area (Å²) in [6, 6.07) is 0. The molecular weight excluding hydrogens is 1310 g/mol. The van der Waals surface area contributed by atoms with E-state index in [1.54, 1.807) is 0 Å². The first-order valence-corrected chi connectivity index (χ1v) is 44.8. The number of carbonyl (C=O) groups is 4. The van der Waals surface area contributed by atoms with E-state index in [9.17, 15) is 43.2 Å². The molecule has 0 amide bonds. The number of aliphatic hydroxyl groups excluding tert-OH is 1. The maximum absolute atomic E-state index is 13.1. The fraction of sp³-hybridized carbons (Fsp3) is 0.951. The van der Waals surface area contributed by atoms with E-state index in [1.165, 1.54) is 225 Å². The van der Waals surface area contributed by atoms with Crippen LogP contribution >= 0.6 is 15.6 Å². The zero-order chi connectivity index (χ0) is 73.7. The van der Waals surface area contributed by atoms with Crippen LogP contribution in [0.4, 0.5) is 0 Å². The van der Waals surface area contributed by atoms with E-state index in [0.717, 1.165) is 108 Å². The van der Waals surface area contributed by atoms with Crippen LogP contribution in [0.15, 0.2) is 0 Å². The second kappa shape index (κ2) is 71.3. The highest BCUT2D eigenvalue weighted by Crippen LogP contribution is 2.45. The maximum atomic E-state index is 13.1. The fourth-order valence-electron chi connectivity index (χ4n) is 12.5. The second-order valence-electron chi connectivity index (χ2n) is 30.6. The third-order valence-electron chi connectivity index (χ3n) is 18.9. The Bertz CT molecular complexity index is 1940. The van der Waals surface area contributed by atoms with Crippen LogP contribution in [0.5, 0.6) is 0 Å². The molecule has 100 heavy (non-hydrogen) atoms. The number of unbranched alkanes of at least 4 members (excludes halogenated alkanes) is 47. The fourth-order valence-corrected chi connectivity index (χ4v) is 14.1. The molecule has 3 N–H and O–H groups in total. The molecule has 0 aromatic rings. The standard InChI is InChI=1S/C81H158O17P2/c1-8-9-10-11-12-13-14-15-16-17-21-24-30-35-40-48-55-62-78(83)91-68-76(97-80(85)64-57-50-41-36-31-25-22-19-18-20-23-28-33-38-45-52-59-72(2)3)70-95-99(87,88)93-66-75(82)67-94-100(89,90)96-71-77(69-92-79(84)63-56-49-44-43-47-54-61-74(6)7)98-81(86)65-58-51-42-37-32-27-26-29-34-39-46-53-60-73(4)5/h72-77,82H,8-71H2,1-7H3,(H,87,88)(H,89,90)/t75-,76-,77-/m1/s1. The summed E-state index contributed by atoms with van der Waals surface area (Å²) in [7, 11) is -9.92. The van der Waals surface area contributed by atoms with Gasteiger partial charge < -0.3 is 33.8 Å². The van der Waals surface area contributed by atoms with Gasteiger partial charge in [-0.05, 0) is 43.4 Å². The summed E-state index contributed by atoms with van der Waals surface area (Å²) in [6.45, 7) is 11.9. The van der Waals surface area contributed by atoms with E-state index < -0.39 is 97.5 Å². The van der Waals surface area contributed by atoms with Gasteiger partial charge >= 0.3 is 39.5 Å². The summed E-state index contributed by atoms with van der Waals surface area (Å²) < 4.78 is 68.7. The van der Waals surface area contributed by atoms with E-state index in [4.69, 9.17) is 37.0 Å². The molecule has 5 atom stereocenters. The second-order valence-corrected chi connectivity index (χ2v) is 33.5. The molecule has 2 unspecified atom stereocenters. The number of phosphoric ester groups is 2. The molecule has 0 bridgehead atoms. The molecule has 0 spiro atoms. The Morgan fingerprint density at radius 1 is 0.270 bits per heavy atom. The van der Waals surface area contributed by atoms with Gasteiger partial charge in [-0.3, -0.25) is 37.3 Å². The summed E-state index contributed by atoms with van der Waals surface area (Å²) in [5.41, 5.74) is 0. The quantitative estimate of drug-likeness (QED) is 0.0222. The lowest BCUT2D eigenvalue weighted by atomic mass is 10.0. The largest absolute Gasteiger partial charge is 0.472 e. The molecule has 0 aliphatic heterocycles. The van der Waals surface area contributed by atoms with Crippen LogP contribution in [-0.2, 0) is 65.4 Å². The molecule has 0 aromatic heterocycles. The van der Waals surface area contributed by atoms with Gasteiger partial charge in [-0.15, -0.1) is 0 Å². The number of esters is 4. The number of hydrogen-bond donors (Lipinski definition) is 3. The van der Waals surface area contributed by atoms with Gasteiger partial charge in [0.25, 0.3) is 0 Å². The molecule has 0 fully saturated rings. The van der Waals surface area contributed by atoms with Crippen LogP contribution in [0.3, 0.4) is 0 Å². The van der Waals surface area contributed by atoms with E-state index >= 15 is 0 Å². The smallest absolute Gasteiger partial charge is 0.462 e. The number of ether oxygens (including phenoxy) is 4. The van der Waals surface area contributed by atoms with E-state index in [0.29, 0.717) is 31.6 Å². The summed E-state index contributed by atoms with van der Waals surface area (Å²) in [5.74, 6) is 0.153. The van der Waals surface area contributed by atoms with Crippen molar-refractivity contribution < 1.29 is 80.2 Å². The van der Waals surface area contributed by atoms with Crippen molar-refractivity contribution in [2.24, 2.45) is 17.8 Å². The number of phosphoric acid groups is 2. The predicted molar refractivity (Wildman–Crippen MR) is 409 cm³/mol. The Morgan fingerprint density at radius 3 is 0.680 bits per heavy atom. The van der Waals surface area contributed by atoms with Crippen molar-refractivity contribution in [2.75, 3.05) is 39.6 Å². The summed E-state index contributed by atoms with van der Waals surface area (Å²) in [6.07, 6.45) is 59.8. The van der Waals surface area contributed by atoms with Gasteiger partial charge in [0.15, 0.2) is 12.2 Å². The minimum Gasteiger partial charge on any atom is -0.462 e. The van der Waals surface area contributed by atoms with Gasteiger partial charge in [0.1, 0.15) is 19.3 Å². The van der Waals surface area contributed by atoms with Crippen molar-refractivity contribution in [2.45, 2.75) is 439 Å². The van der Waals surface area contributed by atoms with Gasteiger partial charge in [-0.2, -0.15) is 0 Å². The van der Waals surface area contributed by atoms with Crippen molar-refractivity contribution in [3.8, 4) is 0 Å².